The van der Waals surface area contributed by atoms with E-state index in [1.165, 1.54) is 12.4 Å². The van der Waals surface area contributed by atoms with Crippen molar-refractivity contribution in [3.05, 3.63) is 0 Å². The molecule has 0 spiro atoms. The van der Waals surface area contributed by atoms with Gasteiger partial charge in [-0.05, 0) is 0 Å². The molecule has 0 aromatic carbocycles. The summed E-state index contributed by atoms with van der Waals surface area (Å²) < 4.78 is 0. The van der Waals surface area contributed by atoms with Crippen molar-refractivity contribution in [3.8, 4) is 12.5 Å². The average molecular weight is 94.1 g/mol. The molecule has 0 heterocycles. The number of nitrogens with zero attached hydrogens (tertiary/aromatic N) is 2. The van der Waals surface area contributed by atoms with Crippen LogP contribution < -0.4 is 0 Å². The summed E-state index contributed by atoms with van der Waals surface area (Å²) in [6.45, 7) is 0. The molecule has 0 fully saturated rings. The molecule has 0 aliphatic heterocycles. The minimum Gasteiger partial charge on any atom is -0.295 e. The van der Waals surface area contributed by atoms with Crippen LogP contribution in [0.15, 0.2) is 9.98 Å². The fourth-order valence-corrected chi connectivity index (χ4v) is 0.143. The molecule has 0 N–H and O–H groups in total. The highest BCUT2D eigenvalue weighted by atomic mass is 14.7. The third-order valence-corrected chi connectivity index (χ3v) is 0.365. The summed E-state index contributed by atoms with van der Waals surface area (Å²) >= 11 is 0. The van der Waals surface area contributed by atoms with Crippen LogP contribution in [-0.4, -0.2) is 19.5 Å². The summed E-state index contributed by atoms with van der Waals surface area (Å²) in [5.41, 5.74) is 0. The van der Waals surface area contributed by atoms with Crippen LogP contribution in [0.1, 0.15) is 0 Å². The van der Waals surface area contributed by atoms with Gasteiger partial charge >= 0.3 is 0 Å². The van der Waals surface area contributed by atoms with Crippen LogP contribution in [0.4, 0.5) is 0 Å². The Morgan fingerprint density at radius 2 is 2.29 bits per heavy atom. The van der Waals surface area contributed by atoms with Crippen molar-refractivity contribution in [2.75, 3.05) is 7.05 Å². The summed E-state index contributed by atoms with van der Waals surface area (Å²) in [4.78, 5) is 7.02. The van der Waals surface area contributed by atoms with Crippen LogP contribution in [-0.2, 0) is 0 Å². The second-order valence-corrected chi connectivity index (χ2v) is 0.815. The molecule has 0 bridgehead atoms. The molecule has 0 unspecified atom stereocenters. The maximum absolute atomic E-state index is 4.76. The highest BCUT2D eigenvalue weighted by molar-refractivity contribution is 6.16. The Labute approximate surface area is 43.0 Å². The van der Waals surface area contributed by atoms with E-state index in [4.69, 9.17) is 6.42 Å². The lowest BCUT2D eigenvalue weighted by atomic mass is 10.8. The van der Waals surface area contributed by atoms with Crippen LogP contribution in [0.3, 0.4) is 0 Å². The van der Waals surface area contributed by atoms with Crippen molar-refractivity contribution < 1.29 is 0 Å². The van der Waals surface area contributed by atoms with E-state index in [0.717, 1.165) is 0 Å². The molecule has 0 rings (SSSR count). The first-order valence-electron chi connectivity index (χ1n) is 1.81. The largest absolute Gasteiger partial charge is 0.295 e. The van der Waals surface area contributed by atoms with Crippen LogP contribution in [0.25, 0.3) is 0 Å². The van der Waals surface area contributed by atoms with Gasteiger partial charge in [-0.3, -0.25) is 4.99 Å². The summed E-state index contributed by atoms with van der Waals surface area (Å²) in [5.74, 6) is 0. The smallest absolute Gasteiger partial charge is 0.0553 e. The Hall–Kier alpha value is -1.10. The SMILES string of the molecule is C#CN=CC=NC. The first-order chi connectivity index (χ1) is 3.41. The molecule has 2 heteroatoms. The quantitative estimate of drug-likeness (QED) is 0.331. The number of hydrogen-bond donors (Lipinski definition) is 0. The zero-order valence-electron chi connectivity index (χ0n) is 4.13. The monoisotopic (exact) mass is 94.1 g/mol. The summed E-state index contributed by atoms with van der Waals surface area (Å²) in [6, 6.07) is 2.08. The molecule has 0 aromatic heterocycles. The first kappa shape index (κ1) is 5.90. The number of rotatable bonds is 1. The first-order valence-corrected chi connectivity index (χ1v) is 1.81. The van der Waals surface area contributed by atoms with Crippen molar-refractivity contribution in [2.45, 2.75) is 0 Å². The van der Waals surface area contributed by atoms with Crippen molar-refractivity contribution in [1.29, 1.82) is 0 Å². The standard InChI is InChI=1S/C5H6N2/c1-3-7-5-4-6-2/h1,4-5H,2H3. The molecule has 36 valence electrons. The van der Waals surface area contributed by atoms with E-state index in [9.17, 15) is 0 Å². The maximum Gasteiger partial charge on any atom is 0.0553 e. The van der Waals surface area contributed by atoms with Gasteiger partial charge in [-0.1, -0.05) is 6.42 Å². The Bertz CT molecular complexity index is 117. The zero-order chi connectivity index (χ0) is 5.54. The molecule has 0 aromatic rings. The molecule has 0 amide bonds. The van der Waals surface area contributed by atoms with Crippen molar-refractivity contribution in [2.24, 2.45) is 9.98 Å². The van der Waals surface area contributed by atoms with Crippen molar-refractivity contribution >= 4 is 12.4 Å². The van der Waals surface area contributed by atoms with Gasteiger partial charge in [0.05, 0.1) is 6.21 Å². The summed E-state index contributed by atoms with van der Waals surface area (Å²) in [5, 5.41) is 0. The number of aliphatic imine (C=N–C) groups is 2. The van der Waals surface area contributed by atoms with E-state index in [-0.39, 0.29) is 0 Å². The number of hydrogen-bond acceptors (Lipinski definition) is 2. The lowest BCUT2D eigenvalue weighted by Crippen LogP contribution is -1.69. The van der Waals surface area contributed by atoms with Gasteiger partial charge < -0.3 is 0 Å². The molecule has 0 aliphatic rings. The van der Waals surface area contributed by atoms with Crippen LogP contribution in [0.5, 0.6) is 0 Å². The predicted molar refractivity (Wildman–Crippen MR) is 31.7 cm³/mol. The molecule has 0 radical (unpaired) electrons. The highest BCUT2D eigenvalue weighted by Gasteiger charge is 1.53. The molecule has 7 heavy (non-hydrogen) atoms. The second kappa shape index (κ2) is 4.90. The molecule has 0 saturated heterocycles. The topological polar surface area (TPSA) is 24.7 Å². The molecule has 0 atom stereocenters. The Morgan fingerprint density at radius 3 is 2.71 bits per heavy atom. The Kier molecular flexibility index (Phi) is 4.13. The molecule has 0 aliphatic carbocycles. The van der Waals surface area contributed by atoms with E-state index < -0.39 is 0 Å². The second-order valence-electron chi connectivity index (χ2n) is 0.815. The lowest BCUT2D eigenvalue weighted by molar-refractivity contribution is 1.48. The van der Waals surface area contributed by atoms with Crippen molar-refractivity contribution in [1.82, 2.24) is 0 Å². The fraction of sp³-hybridized carbons (Fsp3) is 0.200. The number of terminal acetylenes is 1. The van der Waals surface area contributed by atoms with E-state index in [1.54, 1.807) is 7.05 Å². The van der Waals surface area contributed by atoms with Gasteiger partial charge in [-0.15, -0.1) is 0 Å². The fourth-order valence-electron chi connectivity index (χ4n) is 0.143. The van der Waals surface area contributed by atoms with E-state index >= 15 is 0 Å². The van der Waals surface area contributed by atoms with Gasteiger partial charge in [-0.2, -0.15) is 0 Å². The van der Waals surface area contributed by atoms with Gasteiger partial charge in [0.25, 0.3) is 0 Å². The molecular weight excluding hydrogens is 88.1 g/mol. The predicted octanol–water partition coefficient (Wildman–Crippen LogP) is 0.349. The normalized spacial score (nSPS) is 10.3. The van der Waals surface area contributed by atoms with E-state index in [0.29, 0.717) is 0 Å². The molecule has 2 nitrogen and oxygen atoms in total. The van der Waals surface area contributed by atoms with E-state index in [1.807, 2.05) is 0 Å². The maximum atomic E-state index is 4.76. The van der Waals surface area contributed by atoms with Crippen LogP contribution in [0, 0.1) is 12.5 Å². The highest BCUT2D eigenvalue weighted by Crippen LogP contribution is 1.52. The molecule has 0 saturated carbocycles. The Balaban J connectivity index is 3.33. The minimum absolute atomic E-state index is 1.46. The lowest BCUT2D eigenvalue weighted by Gasteiger charge is -1.63. The van der Waals surface area contributed by atoms with Gasteiger partial charge in [0, 0.05) is 19.3 Å². The van der Waals surface area contributed by atoms with Gasteiger partial charge in [0.1, 0.15) is 0 Å². The summed E-state index contributed by atoms with van der Waals surface area (Å²) in [7, 11) is 1.66. The third kappa shape index (κ3) is 4.90. The zero-order valence-corrected chi connectivity index (χ0v) is 4.13. The van der Waals surface area contributed by atoms with Gasteiger partial charge in [-0.25, -0.2) is 4.99 Å². The average Bonchev–Trinajstić information content (AvgIpc) is 1.69. The minimum atomic E-state index is 1.46. The summed E-state index contributed by atoms with van der Waals surface area (Å²) in [6.07, 6.45) is 7.75. The third-order valence-electron chi connectivity index (χ3n) is 0.365. The van der Waals surface area contributed by atoms with Gasteiger partial charge in [0.2, 0.25) is 0 Å². The van der Waals surface area contributed by atoms with E-state index in [2.05, 4.69) is 16.0 Å². The van der Waals surface area contributed by atoms with Crippen LogP contribution in [0.2, 0.25) is 0 Å². The van der Waals surface area contributed by atoms with Crippen molar-refractivity contribution in [3.63, 3.8) is 0 Å². The Morgan fingerprint density at radius 1 is 1.57 bits per heavy atom. The van der Waals surface area contributed by atoms with Gasteiger partial charge in [0.15, 0.2) is 0 Å². The van der Waals surface area contributed by atoms with Crippen LogP contribution >= 0.6 is 0 Å². The molecular formula is C5H6N2.